The molecule has 2 atom stereocenters. The van der Waals surface area contributed by atoms with Gasteiger partial charge in [-0.25, -0.2) is 0 Å². The van der Waals surface area contributed by atoms with Gasteiger partial charge < -0.3 is 10.0 Å². The molecule has 1 N–H and O–H groups in total. The molecule has 0 saturated carbocycles. The Morgan fingerprint density at radius 2 is 1.84 bits per heavy atom. The summed E-state index contributed by atoms with van der Waals surface area (Å²) in [6.07, 6.45) is 7.63. The van der Waals surface area contributed by atoms with Gasteiger partial charge in [0.2, 0.25) is 5.91 Å². The van der Waals surface area contributed by atoms with E-state index in [1.54, 1.807) is 0 Å². The van der Waals surface area contributed by atoms with Gasteiger partial charge >= 0.3 is 0 Å². The fourth-order valence-electron chi connectivity index (χ4n) is 3.35. The van der Waals surface area contributed by atoms with Crippen molar-refractivity contribution in [1.29, 1.82) is 0 Å². The first-order valence-electron chi connectivity index (χ1n) is 7.86. The molecule has 0 bridgehead atoms. The summed E-state index contributed by atoms with van der Waals surface area (Å²) >= 11 is 0. The van der Waals surface area contributed by atoms with Crippen LogP contribution in [0.3, 0.4) is 0 Å². The lowest BCUT2D eigenvalue weighted by molar-refractivity contribution is -0.132. The Hall–Kier alpha value is -0.610. The number of amides is 1. The molecule has 0 aromatic heterocycles. The van der Waals surface area contributed by atoms with Crippen LogP contribution >= 0.6 is 0 Å². The largest absolute Gasteiger partial charge is 0.393 e. The predicted octanol–water partition coefficient (Wildman–Crippen LogP) is 1.62. The molecule has 1 amide bonds. The Morgan fingerprint density at radius 1 is 1.16 bits per heavy atom. The van der Waals surface area contributed by atoms with Gasteiger partial charge in [0, 0.05) is 19.1 Å². The third-order valence-electron chi connectivity index (χ3n) is 4.41. The van der Waals surface area contributed by atoms with Crippen LogP contribution in [0.25, 0.3) is 0 Å². The number of carbonyl (C=O) groups excluding carboxylic acids is 1. The maximum Gasteiger partial charge on any atom is 0.236 e. The molecule has 4 heteroatoms. The van der Waals surface area contributed by atoms with Crippen molar-refractivity contribution < 1.29 is 9.90 Å². The highest BCUT2D eigenvalue weighted by atomic mass is 16.3. The van der Waals surface area contributed by atoms with Crippen LogP contribution in [0.2, 0.25) is 0 Å². The van der Waals surface area contributed by atoms with E-state index in [0.717, 1.165) is 45.3 Å². The number of hydrogen-bond donors (Lipinski definition) is 1. The van der Waals surface area contributed by atoms with Crippen LogP contribution in [0, 0.1) is 0 Å². The second-order valence-electron chi connectivity index (χ2n) is 6.15. The van der Waals surface area contributed by atoms with Crippen molar-refractivity contribution in [2.45, 2.75) is 64.0 Å². The fraction of sp³-hybridized carbons (Fsp3) is 0.933. The average Bonchev–Trinajstić information content (AvgIpc) is 2.81. The van der Waals surface area contributed by atoms with Gasteiger partial charge in [-0.15, -0.1) is 0 Å². The quantitative estimate of drug-likeness (QED) is 0.842. The predicted molar refractivity (Wildman–Crippen MR) is 75.9 cm³/mol. The number of nitrogens with zero attached hydrogens (tertiary/aromatic N) is 2. The normalized spacial score (nSPS) is 27.3. The average molecular weight is 268 g/mol. The molecule has 19 heavy (non-hydrogen) atoms. The maximum atomic E-state index is 12.3. The highest BCUT2D eigenvalue weighted by Gasteiger charge is 2.26. The Balaban J connectivity index is 1.90. The molecule has 110 valence electrons. The van der Waals surface area contributed by atoms with Gasteiger partial charge in [-0.2, -0.15) is 0 Å². The van der Waals surface area contributed by atoms with Gasteiger partial charge in [-0.3, -0.25) is 9.69 Å². The van der Waals surface area contributed by atoms with Crippen LogP contribution in [0.1, 0.15) is 51.9 Å². The number of hydrogen-bond acceptors (Lipinski definition) is 3. The molecule has 2 heterocycles. The minimum Gasteiger partial charge on any atom is -0.393 e. The zero-order chi connectivity index (χ0) is 13.7. The van der Waals surface area contributed by atoms with E-state index in [1.165, 1.54) is 19.3 Å². The molecule has 2 aliphatic rings. The highest BCUT2D eigenvalue weighted by Crippen LogP contribution is 2.21. The van der Waals surface area contributed by atoms with Gasteiger partial charge in [-0.05, 0) is 45.6 Å². The summed E-state index contributed by atoms with van der Waals surface area (Å²) in [7, 11) is 0. The molecule has 2 aliphatic heterocycles. The smallest absolute Gasteiger partial charge is 0.236 e. The second kappa shape index (κ2) is 7.25. The fourth-order valence-corrected chi connectivity index (χ4v) is 3.35. The van der Waals surface area contributed by atoms with Gasteiger partial charge in [-0.1, -0.05) is 12.8 Å². The minimum atomic E-state index is -0.271. The standard InChI is InChI=1S/C15H28N2O2/c1-13(18)11-14-7-3-2-4-10-17(14)12-15(19)16-8-5-6-9-16/h13-14,18H,2-12H2,1H3. The molecule has 0 aromatic carbocycles. The number of aliphatic hydroxyl groups is 1. The SMILES string of the molecule is CC(O)CC1CCCCCN1CC(=O)N1CCCC1. The summed E-state index contributed by atoms with van der Waals surface area (Å²) in [6, 6.07) is 0.383. The van der Waals surface area contributed by atoms with Gasteiger partial charge in [0.15, 0.2) is 0 Å². The van der Waals surface area contributed by atoms with Crippen molar-refractivity contribution in [3.8, 4) is 0 Å². The maximum absolute atomic E-state index is 12.3. The molecule has 2 rings (SSSR count). The molecular formula is C15H28N2O2. The van der Waals surface area contributed by atoms with Gasteiger partial charge in [0.05, 0.1) is 12.6 Å². The summed E-state index contributed by atoms with van der Waals surface area (Å²) < 4.78 is 0. The molecular weight excluding hydrogens is 240 g/mol. The van der Waals surface area contributed by atoms with E-state index in [9.17, 15) is 9.90 Å². The van der Waals surface area contributed by atoms with Crippen molar-refractivity contribution >= 4 is 5.91 Å². The van der Waals surface area contributed by atoms with Crippen LogP contribution in [-0.4, -0.2) is 59.1 Å². The number of aliphatic hydroxyl groups excluding tert-OH is 1. The molecule has 0 radical (unpaired) electrons. The van der Waals surface area contributed by atoms with E-state index in [0.29, 0.717) is 12.6 Å². The summed E-state index contributed by atoms with van der Waals surface area (Å²) in [5.74, 6) is 0.287. The third kappa shape index (κ3) is 4.46. The van der Waals surface area contributed by atoms with Crippen LogP contribution in [-0.2, 0) is 4.79 Å². The van der Waals surface area contributed by atoms with Gasteiger partial charge in [0.25, 0.3) is 0 Å². The minimum absolute atomic E-state index is 0.271. The molecule has 2 fully saturated rings. The Labute approximate surface area is 116 Å². The number of rotatable bonds is 4. The lowest BCUT2D eigenvalue weighted by Crippen LogP contribution is -2.44. The Morgan fingerprint density at radius 3 is 2.53 bits per heavy atom. The number of likely N-dealkylation sites (tertiary alicyclic amines) is 2. The van der Waals surface area contributed by atoms with Gasteiger partial charge in [0.1, 0.15) is 0 Å². The van der Waals surface area contributed by atoms with Crippen LogP contribution < -0.4 is 0 Å². The van der Waals surface area contributed by atoms with E-state index in [2.05, 4.69) is 4.90 Å². The molecule has 0 aliphatic carbocycles. The van der Waals surface area contributed by atoms with Crippen molar-refractivity contribution in [2.24, 2.45) is 0 Å². The van der Waals surface area contributed by atoms with E-state index in [1.807, 2.05) is 11.8 Å². The van der Waals surface area contributed by atoms with E-state index in [-0.39, 0.29) is 12.0 Å². The van der Waals surface area contributed by atoms with E-state index < -0.39 is 0 Å². The monoisotopic (exact) mass is 268 g/mol. The molecule has 2 saturated heterocycles. The van der Waals surface area contributed by atoms with E-state index >= 15 is 0 Å². The first-order chi connectivity index (χ1) is 9.16. The first-order valence-corrected chi connectivity index (χ1v) is 7.86. The Kier molecular flexibility index (Phi) is 5.64. The van der Waals surface area contributed by atoms with Crippen molar-refractivity contribution in [2.75, 3.05) is 26.2 Å². The lowest BCUT2D eigenvalue weighted by Gasteiger charge is -2.31. The van der Waals surface area contributed by atoms with Crippen LogP contribution in [0.4, 0.5) is 0 Å². The third-order valence-corrected chi connectivity index (χ3v) is 4.41. The molecule has 4 nitrogen and oxygen atoms in total. The first kappa shape index (κ1) is 14.8. The molecule has 2 unspecified atom stereocenters. The van der Waals surface area contributed by atoms with E-state index in [4.69, 9.17) is 0 Å². The second-order valence-corrected chi connectivity index (χ2v) is 6.15. The summed E-state index contributed by atoms with van der Waals surface area (Å²) in [4.78, 5) is 16.6. The number of carbonyl (C=O) groups is 1. The van der Waals surface area contributed by atoms with Crippen LogP contribution in [0.15, 0.2) is 0 Å². The highest BCUT2D eigenvalue weighted by molar-refractivity contribution is 5.78. The zero-order valence-corrected chi connectivity index (χ0v) is 12.2. The Bertz CT molecular complexity index is 288. The van der Waals surface area contributed by atoms with Crippen molar-refractivity contribution in [3.63, 3.8) is 0 Å². The van der Waals surface area contributed by atoms with Crippen molar-refractivity contribution in [3.05, 3.63) is 0 Å². The molecule has 0 aromatic rings. The lowest BCUT2D eigenvalue weighted by atomic mass is 10.0. The zero-order valence-electron chi connectivity index (χ0n) is 12.2. The summed E-state index contributed by atoms with van der Waals surface area (Å²) in [5, 5.41) is 9.64. The molecule has 0 spiro atoms. The van der Waals surface area contributed by atoms with Crippen molar-refractivity contribution in [1.82, 2.24) is 9.80 Å². The topological polar surface area (TPSA) is 43.8 Å². The van der Waals surface area contributed by atoms with Crippen LogP contribution in [0.5, 0.6) is 0 Å². The summed E-state index contributed by atoms with van der Waals surface area (Å²) in [5.41, 5.74) is 0. The summed E-state index contributed by atoms with van der Waals surface area (Å²) in [6.45, 7) is 5.29.